The molecule has 0 aromatic heterocycles. The van der Waals surface area contributed by atoms with E-state index >= 15 is 0 Å². The standard InChI is InChI=1S/C20H17OP/c21-22-16-20(17-10-4-1-5-11-17,18-12-6-2-7-13-18)19-14-8-3-9-15-19/h1-15H,16H2/p+1. The fraction of sp³-hybridized carbons (Fsp3) is 0.100. The van der Waals surface area contributed by atoms with E-state index in [9.17, 15) is 4.57 Å². The molecule has 0 aliphatic heterocycles. The Bertz CT molecular complexity index is 627. The van der Waals surface area contributed by atoms with Gasteiger partial charge in [0.05, 0.1) is 5.41 Å². The average molecular weight is 305 g/mol. The van der Waals surface area contributed by atoms with Gasteiger partial charge in [0.25, 0.3) is 0 Å². The highest BCUT2D eigenvalue weighted by Crippen LogP contribution is 2.41. The molecule has 0 aliphatic carbocycles. The molecule has 3 aromatic rings. The normalized spacial score (nSPS) is 11.5. The third-order valence-corrected chi connectivity index (χ3v) is 4.81. The molecule has 0 saturated carbocycles. The summed E-state index contributed by atoms with van der Waals surface area (Å²) in [6.07, 6.45) is 0.574. The second kappa shape index (κ2) is 6.68. The van der Waals surface area contributed by atoms with Gasteiger partial charge in [-0.15, -0.1) is 0 Å². The summed E-state index contributed by atoms with van der Waals surface area (Å²) in [7, 11) is -0.364. The predicted octanol–water partition coefficient (Wildman–Crippen LogP) is 5.05. The third kappa shape index (κ3) is 2.61. The van der Waals surface area contributed by atoms with E-state index < -0.39 is 0 Å². The lowest BCUT2D eigenvalue weighted by atomic mass is 9.71. The van der Waals surface area contributed by atoms with Gasteiger partial charge >= 0.3 is 8.46 Å². The molecule has 1 nitrogen and oxygen atoms in total. The Hall–Kier alpha value is -2.24. The van der Waals surface area contributed by atoms with Gasteiger partial charge in [-0.3, -0.25) is 0 Å². The summed E-state index contributed by atoms with van der Waals surface area (Å²) in [4.78, 5) is 0. The minimum atomic E-state index is -0.371. The Kier molecular flexibility index (Phi) is 4.46. The molecule has 0 bridgehead atoms. The summed E-state index contributed by atoms with van der Waals surface area (Å²) < 4.78 is 11.7. The quantitative estimate of drug-likeness (QED) is 0.476. The SMILES string of the molecule is O=[PH+]CC(c1ccccc1)(c1ccccc1)c1ccccc1. The van der Waals surface area contributed by atoms with E-state index in [0.29, 0.717) is 6.16 Å². The number of hydrogen-bond donors (Lipinski definition) is 0. The first-order valence-electron chi connectivity index (χ1n) is 7.39. The van der Waals surface area contributed by atoms with E-state index in [0.717, 1.165) is 0 Å². The molecule has 0 aliphatic rings. The molecular formula is C20H18OP+. The Morgan fingerprint density at radius 2 is 0.909 bits per heavy atom. The molecule has 3 rings (SSSR count). The molecule has 22 heavy (non-hydrogen) atoms. The van der Waals surface area contributed by atoms with Crippen LogP contribution in [-0.4, -0.2) is 6.16 Å². The molecular weight excluding hydrogens is 287 g/mol. The van der Waals surface area contributed by atoms with Gasteiger partial charge in [0, 0.05) is 0 Å². The molecule has 0 saturated heterocycles. The maximum Gasteiger partial charge on any atom is 0.326 e. The summed E-state index contributed by atoms with van der Waals surface area (Å²) in [6, 6.07) is 31.1. The zero-order valence-electron chi connectivity index (χ0n) is 12.3. The third-order valence-electron chi connectivity index (χ3n) is 4.14. The first-order chi connectivity index (χ1) is 10.9. The number of rotatable bonds is 5. The summed E-state index contributed by atoms with van der Waals surface area (Å²) in [5.74, 6) is 0. The molecule has 0 heterocycles. The summed E-state index contributed by atoms with van der Waals surface area (Å²) >= 11 is 0. The lowest BCUT2D eigenvalue weighted by Gasteiger charge is -2.31. The Morgan fingerprint density at radius 1 is 0.591 bits per heavy atom. The number of benzene rings is 3. The first kappa shape index (κ1) is 14.7. The predicted molar refractivity (Wildman–Crippen MR) is 93.1 cm³/mol. The van der Waals surface area contributed by atoms with Gasteiger partial charge in [0.15, 0.2) is 6.16 Å². The molecule has 2 heteroatoms. The maximum atomic E-state index is 11.7. The van der Waals surface area contributed by atoms with Crippen LogP contribution in [0.3, 0.4) is 0 Å². The van der Waals surface area contributed by atoms with E-state index in [4.69, 9.17) is 0 Å². The van der Waals surface area contributed by atoms with Crippen molar-refractivity contribution in [3.05, 3.63) is 108 Å². The van der Waals surface area contributed by atoms with E-state index in [1.165, 1.54) is 16.7 Å². The monoisotopic (exact) mass is 305 g/mol. The minimum Gasteiger partial charge on any atom is -0.0774 e. The largest absolute Gasteiger partial charge is 0.326 e. The van der Waals surface area contributed by atoms with Crippen LogP contribution < -0.4 is 0 Å². The van der Waals surface area contributed by atoms with E-state index in [1.54, 1.807) is 0 Å². The molecule has 0 amide bonds. The lowest BCUT2D eigenvalue weighted by molar-refractivity contribution is 0.588. The zero-order valence-corrected chi connectivity index (χ0v) is 13.3. The van der Waals surface area contributed by atoms with Crippen molar-refractivity contribution >= 4 is 8.46 Å². The summed E-state index contributed by atoms with van der Waals surface area (Å²) in [5, 5.41) is 0. The van der Waals surface area contributed by atoms with E-state index in [-0.39, 0.29) is 13.9 Å². The van der Waals surface area contributed by atoms with E-state index in [2.05, 4.69) is 36.4 Å². The highest BCUT2D eigenvalue weighted by molar-refractivity contribution is 7.23. The smallest absolute Gasteiger partial charge is 0.0774 e. The summed E-state index contributed by atoms with van der Waals surface area (Å²) in [6.45, 7) is 0. The molecule has 1 unspecified atom stereocenters. The van der Waals surface area contributed by atoms with Gasteiger partial charge in [-0.05, 0) is 16.7 Å². The van der Waals surface area contributed by atoms with Crippen LogP contribution in [0.4, 0.5) is 0 Å². The maximum absolute atomic E-state index is 11.7. The van der Waals surface area contributed by atoms with Crippen molar-refractivity contribution in [3.63, 3.8) is 0 Å². The molecule has 0 spiro atoms. The molecule has 0 N–H and O–H groups in total. The van der Waals surface area contributed by atoms with Gasteiger partial charge < -0.3 is 0 Å². The fourth-order valence-corrected chi connectivity index (χ4v) is 3.91. The van der Waals surface area contributed by atoms with Crippen LogP contribution in [0.15, 0.2) is 91.0 Å². The van der Waals surface area contributed by atoms with Gasteiger partial charge in [-0.2, -0.15) is 0 Å². The van der Waals surface area contributed by atoms with Crippen molar-refractivity contribution in [2.75, 3.05) is 6.16 Å². The fourth-order valence-electron chi connectivity index (χ4n) is 3.08. The molecule has 3 aromatic carbocycles. The molecule has 0 fully saturated rings. The number of hydrogen-bond acceptors (Lipinski definition) is 1. The van der Waals surface area contributed by atoms with Crippen molar-refractivity contribution in [2.24, 2.45) is 0 Å². The van der Waals surface area contributed by atoms with Crippen LogP contribution in [0, 0.1) is 0 Å². The van der Waals surface area contributed by atoms with Gasteiger partial charge in [-0.1, -0.05) is 95.6 Å². The Balaban J connectivity index is 2.31. The highest BCUT2D eigenvalue weighted by atomic mass is 31.1. The summed E-state index contributed by atoms with van der Waals surface area (Å²) in [5.41, 5.74) is 3.16. The van der Waals surface area contributed by atoms with Crippen LogP contribution >= 0.6 is 8.46 Å². The lowest BCUT2D eigenvalue weighted by Crippen LogP contribution is -2.31. The van der Waals surface area contributed by atoms with Crippen molar-refractivity contribution in [1.82, 2.24) is 0 Å². The highest BCUT2D eigenvalue weighted by Gasteiger charge is 2.39. The first-order valence-corrected chi connectivity index (χ1v) is 8.51. The molecule has 108 valence electrons. The second-order valence-electron chi connectivity index (χ2n) is 5.32. The van der Waals surface area contributed by atoms with Crippen molar-refractivity contribution < 1.29 is 4.57 Å². The van der Waals surface area contributed by atoms with Crippen LogP contribution in [0.2, 0.25) is 0 Å². The van der Waals surface area contributed by atoms with Crippen molar-refractivity contribution in [3.8, 4) is 0 Å². The Morgan fingerprint density at radius 3 is 1.18 bits per heavy atom. The molecule has 1 atom stereocenters. The molecule has 0 radical (unpaired) electrons. The Labute approximate surface area is 132 Å². The van der Waals surface area contributed by atoms with Crippen molar-refractivity contribution in [2.45, 2.75) is 5.41 Å². The minimum absolute atomic E-state index is 0.364. The van der Waals surface area contributed by atoms with E-state index in [1.807, 2.05) is 54.6 Å². The second-order valence-corrected chi connectivity index (χ2v) is 5.97. The van der Waals surface area contributed by atoms with Gasteiger partial charge in [-0.25, -0.2) is 0 Å². The van der Waals surface area contributed by atoms with Gasteiger partial charge in [0.1, 0.15) is 0 Å². The topological polar surface area (TPSA) is 17.1 Å². The van der Waals surface area contributed by atoms with Crippen LogP contribution in [0.1, 0.15) is 16.7 Å². The van der Waals surface area contributed by atoms with Crippen LogP contribution in [-0.2, 0) is 9.98 Å². The van der Waals surface area contributed by atoms with Crippen LogP contribution in [0.25, 0.3) is 0 Å². The average Bonchev–Trinajstić information content (AvgIpc) is 2.62. The van der Waals surface area contributed by atoms with Gasteiger partial charge in [0.2, 0.25) is 0 Å². The zero-order chi connectivity index (χ0) is 15.3. The van der Waals surface area contributed by atoms with Crippen molar-refractivity contribution in [1.29, 1.82) is 0 Å². The van der Waals surface area contributed by atoms with Crippen LogP contribution in [0.5, 0.6) is 0 Å².